The molecule has 3 nitrogen and oxygen atoms in total. The van der Waals surface area contributed by atoms with Gasteiger partial charge in [0, 0.05) is 12.6 Å². The molecule has 0 saturated carbocycles. The maximum Gasteiger partial charge on any atom is 0.0766 e. The van der Waals surface area contributed by atoms with Gasteiger partial charge in [-0.2, -0.15) is 5.10 Å². The molecule has 0 saturated heterocycles. The van der Waals surface area contributed by atoms with Crippen LogP contribution in [0.4, 0.5) is 0 Å². The topological polar surface area (TPSA) is 43.8 Å². The molecule has 0 aromatic carbocycles. The van der Waals surface area contributed by atoms with Crippen LogP contribution in [0.5, 0.6) is 0 Å². The molecule has 0 aliphatic heterocycles. The van der Waals surface area contributed by atoms with Crippen LogP contribution in [0.3, 0.4) is 0 Å². The summed E-state index contributed by atoms with van der Waals surface area (Å²) in [4.78, 5) is 0. The van der Waals surface area contributed by atoms with Crippen LogP contribution in [0.1, 0.15) is 51.9 Å². The van der Waals surface area contributed by atoms with E-state index in [2.05, 4.69) is 53.4 Å². The largest absolute Gasteiger partial charge is 0.327 e. The van der Waals surface area contributed by atoms with Gasteiger partial charge in [-0.3, -0.25) is 4.68 Å². The highest BCUT2D eigenvalue weighted by atomic mass is 79.9. The van der Waals surface area contributed by atoms with Gasteiger partial charge in [-0.25, -0.2) is 0 Å². The molecule has 0 aliphatic carbocycles. The Morgan fingerprint density at radius 3 is 2.50 bits per heavy atom. The summed E-state index contributed by atoms with van der Waals surface area (Å²) in [5.41, 5.74) is 8.58. The fourth-order valence-corrected chi connectivity index (χ4v) is 2.86. The Bertz CT molecular complexity index is 371. The number of hydrogen-bond acceptors (Lipinski definition) is 2. The molecule has 0 fully saturated rings. The average molecular weight is 316 g/mol. The summed E-state index contributed by atoms with van der Waals surface area (Å²) in [6, 6.07) is 0.312. The Morgan fingerprint density at radius 1 is 1.33 bits per heavy atom. The lowest BCUT2D eigenvalue weighted by Crippen LogP contribution is -2.26. The van der Waals surface area contributed by atoms with Crippen molar-refractivity contribution in [1.29, 1.82) is 0 Å². The van der Waals surface area contributed by atoms with Crippen molar-refractivity contribution in [2.75, 3.05) is 0 Å². The molecule has 0 radical (unpaired) electrons. The van der Waals surface area contributed by atoms with Crippen LogP contribution in [0, 0.1) is 5.92 Å². The summed E-state index contributed by atoms with van der Waals surface area (Å²) in [6.07, 6.45) is 4.25. The number of nitrogens with zero attached hydrogens (tertiary/aromatic N) is 2. The number of aromatic nitrogens is 2. The predicted molar refractivity (Wildman–Crippen MR) is 80.7 cm³/mol. The Labute approximate surface area is 119 Å². The van der Waals surface area contributed by atoms with Crippen LogP contribution in [0.25, 0.3) is 0 Å². The second-order valence-electron chi connectivity index (χ2n) is 5.18. The van der Waals surface area contributed by atoms with Crippen molar-refractivity contribution < 1.29 is 0 Å². The molecule has 1 atom stereocenters. The number of hydrogen-bond donors (Lipinski definition) is 1. The maximum atomic E-state index is 6.09. The van der Waals surface area contributed by atoms with Gasteiger partial charge in [-0.05, 0) is 54.5 Å². The van der Waals surface area contributed by atoms with E-state index in [1.807, 2.05) is 0 Å². The van der Waals surface area contributed by atoms with Crippen molar-refractivity contribution in [3.8, 4) is 0 Å². The molecule has 0 aliphatic rings. The molecule has 1 aromatic heterocycles. The molecular formula is C14H26BrN3. The van der Waals surface area contributed by atoms with Gasteiger partial charge in [0.25, 0.3) is 0 Å². The summed E-state index contributed by atoms with van der Waals surface area (Å²) >= 11 is 3.68. The first-order valence-electron chi connectivity index (χ1n) is 7.00. The Morgan fingerprint density at radius 2 is 2.00 bits per heavy atom. The fourth-order valence-electron chi connectivity index (χ4n) is 2.09. The summed E-state index contributed by atoms with van der Waals surface area (Å²) in [5.74, 6) is 0.565. The first-order chi connectivity index (χ1) is 8.51. The summed E-state index contributed by atoms with van der Waals surface area (Å²) in [5, 5.41) is 4.62. The third-order valence-electron chi connectivity index (χ3n) is 3.50. The van der Waals surface area contributed by atoms with Crippen LogP contribution < -0.4 is 5.73 Å². The molecule has 104 valence electrons. The second kappa shape index (κ2) is 7.29. The number of nitrogens with two attached hydrogens (primary N) is 1. The molecule has 1 heterocycles. The number of halogens is 1. The minimum atomic E-state index is 0.312. The van der Waals surface area contributed by atoms with Crippen molar-refractivity contribution >= 4 is 15.9 Å². The molecule has 0 spiro atoms. The van der Waals surface area contributed by atoms with Gasteiger partial charge in [0.2, 0.25) is 0 Å². The van der Waals surface area contributed by atoms with Crippen molar-refractivity contribution in [1.82, 2.24) is 9.78 Å². The number of rotatable bonds is 7. The molecule has 4 heteroatoms. The van der Waals surface area contributed by atoms with Crippen LogP contribution in [0.2, 0.25) is 0 Å². The molecule has 1 rings (SSSR count). The van der Waals surface area contributed by atoms with Crippen LogP contribution in [-0.4, -0.2) is 15.8 Å². The zero-order chi connectivity index (χ0) is 13.7. The minimum Gasteiger partial charge on any atom is -0.327 e. The predicted octanol–water partition coefficient (Wildman–Crippen LogP) is 3.53. The van der Waals surface area contributed by atoms with Crippen molar-refractivity contribution in [2.45, 2.75) is 66.0 Å². The summed E-state index contributed by atoms with van der Waals surface area (Å²) in [7, 11) is 0. The molecule has 0 bridgehead atoms. The molecule has 1 unspecified atom stereocenters. The van der Waals surface area contributed by atoms with Gasteiger partial charge in [0.1, 0.15) is 0 Å². The highest BCUT2D eigenvalue weighted by Gasteiger charge is 2.14. The van der Waals surface area contributed by atoms with E-state index < -0.39 is 0 Å². The first kappa shape index (κ1) is 15.7. The smallest absolute Gasteiger partial charge is 0.0766 e. The lowest BCUT2D eigenvalue weighted by atomic mass is 9.99. The van der Waals surface area contributed by atoms with Crippen molar-refractivity contribution in [2.24, 2.45) is 11.7 Å². The standard InChI is InChI=1S/C14H26BrN3/c1-5-12-14(15)13(18(6-2)17-12)9-7-8-11(16)10(3)4/h10-11H,5-9,16H2,1-4H3. The molecular weight excluding hydrogens is 290 g/mol. The Kier molecular flexibility index (Phi) is 6.36. The van der Waals surface area contributed by atoms with E-state index >= 15 is 0 Å². The molecule has 2 N–H and O–H groups in total. The average Bonchev–Trinajstić information content (AvgIpc) is 2.65. The highest BCUT2D eigenvalue weighted by Crippen LogP contribution is 2.24. The van der Waals surface area contributed by atoms with E-state index in [4.69, 9.17) is 5.73 Å². The quantitative estimate of drug-likeness (QED) is 0.836. The van der Waals surface area contributed by atoms with E-state index in [1.165, 1.54) is 15.9 Å². The van der Waals surface area contributed by atoms with Crippen molar-refractivity contribution in [3.05, 3.63) is 15.9 Å². The Balaban J connectivity index is 2.64. The minimum absolute atomic E-state index is 0.312. The Hall–Kier alpha value is -0.350. The van der Waals surface area contributed by atoms with Gasteiger partial charge >= 0.3 is 0 Å². The van der Waals surface area contributed by atoms with Gasteiger partial charge in [0.15, 0.2) is 0 Å². The van der Waals surface area contributed by atoms with E-state index in [0.29, 0.717) is 12.0 Å². The zero-order valence-corrected chi connectivity index (χ0v) is 13.6. The monoisotopic (exact) mass is 315 g/mol. The molecule has 0 amide bonds. The lowest BCUT2D eigenvalue weighted by Gasteiger charge is -2.15. The maximum absolute atomic E-state index is 6.09. The highest BCUT2D eigenvalue weighted by molar-refractivity contribution is 9.10. The summed E-state index contributed by atoms with van der Waals surface area (Å²) in [6.45, 7) is 9.59. The normalized spacial score (nSPS) is 13.3. The third kappa shape index (κ3) is 3.82. The van der Waals surface area contributed by atoms with Crippen molar-refractivity contribution in [3.63, 3.8) is 0 Å². The van der Waals surface area contributed by atoms with Gasteiger partial charge in [-0.15, -0.1) is 0 Å². The lowest BCUT2D eigenvalue weighted by molar-refractivity contribution is 0.448. The molecule has 18 heavy (non-hydrogen) atoms. The van der Waals surface area contributed by atoms with Crippen LogP contribution in [0.15, 0.2) is 4.47 Å². The second-order valence-corrected chi connectivity index (χ2v) is 5.97. The fraction of sp³-hybridized carbons (Fsp3) is 0.786. The van der Waals surface area contributed by atoms with E-state index in [9.17, 15) is 0 Å². The van der Waals surface area contributed by atoms with E-state index in [0.717, 1.165) is 32.2 Å². The van der Waals surface area contributed by atoms with Crippen LogP contribution >= 0.6 is 15.9 Å². The SMILES string of the molecule is CCc1nn(CC)c(CCCC(N)C(C)C)c1Br. The first-order valence-corrected chi connectivity index (χ1v) is 7.80. The van der Waals surface area contributed by atoms with Crippen LogP contribution in [-0.2, 0) is 19.4 Å². The van der Waals surface area contributed by atoms with Gasteiger partial charge in [-0.1, -0.05) is 20.8 Å². The zero-order valence-electron chi connectivity index (χ0n) is 12.0. The summed E-state index contributed by atoms with van der Waals surface area (Å²) < 4.78 is 3.31. The molecule has 1 aromatic rings. The number of aryl methyl sites for hydroxylation is 2. The van der Waals surface area contributed by atoms with Gasteiger partial charge in [0.05, 0.1) is 15.9 Å². The van der Waals surface area contributed by atoms with E-state index in [1.54, 1.807) is 0 Å². The van der Waals surface area contributed by atoms with E-state index in [-0.39, 0.29) is 0 Å². The third-order valence-corrected chi connectivity index (χ3v) is 4.42. The van der Waals surface area contributed by atoms with Gasteiger partial charge < -0.3 is 5.73 Å².